The Bertz CT molecular complexity index is 698. The minimum Gasteiger partial charge on any atom is -0.480 e. The summed E-state index contributed by atoms with van der Waals surface area (Å²) in [6, 6.07) is 11.6. The first-order valence-electron chi connectivity index (χ1n) is 5.78. The third-order valence-electron chi connectivity index (χ3n) is 2.62. The summed E-state index contributed by atoms with van der Waals surface area (Å²) in [6.45, 7) is -0.284. The van der Waals surface area contributed by atoms with Crippen molar-refractivity contribution < 1.29 is 14.7 Å². The number of carboxylic acid groups (broad SMARTS) is 1. The number of aromatic nitrogens is 1. The van der Waals surface area contributed by atoms with Crippen molar-refractivity contribution in [2.45, 2.75) is 6.54 Å². The van der Waals surface area contributed by atoms with Gasteiger partial charge in [0.25, 0.3) is 5.91 Å². The zero-order chi connectivity index (χ0) is 14.5. The van der Waals surface area contributed by atoms with Crippen LogP contribution in [-0.2, 0) is 11.3 Å². The minimum atomic E-state index is -1.03. The minimum absolute atomic E-state index is 0.245. The normalized spacial score (nSPS) is 9.75. The van der Waals surface area contributed by atoms with Crippen LogP contribution in [-0.4, -0.2) is 21.6 Å². The number of hydrogen-bond donors (Lipinski definition) is 2. The lowest BCUT2D eigenvalue weighted by Crippen LogP contribution is -2.19. The number of nitriles is 1. The van der Waals surface area contributed by atoms with E-state index < -0.39 is 11.9 Å². The summed E-state index contributed by atoms with van der Waals surface area (Å²) < 4.78 is 1.34. The number of benzene rings is 1. The van der Waals surface area contributed by atoms with Crippen molar-refractivity contribution in [1.82, 2.24) is 4.57 Å². The Kier molecular flexibility index (Phi) is 3.82. The van der Waals surface area contributed by atoms with E-state index in [1.54, 1.807) is 30.3 Å². The molecule has 0 saturated heterocycles. The lowest BCUT2D eigenvalue weighted by atomic mass is 10.2. The number of nitrogens with zero attached hydrogens (tertiary/aromatic N) is 2. The highest BCUT2D eigenvalue weighted by molar-refractivity contribution is 6.03. The number of carbonyl (C=O) groups is 2. The molecule has 2 N–H and O–H groups in total. The molecule has 0 aliphatic carbocycles. The Morgan fingerprint density at radius 2 is 2.10 bits per heavy atom. The highest BCUT2D eigenvalue weighted by Crippen LogP contribution is 2.12. The molecule has 6 heteroatoms. The Hall–Kier alpha value is -3.07. The smallest absolute Gasteiger partial charge is 0.323 e. The topological polar surface area (TPSA) is 95.1 Å². The third kappa shape index (κ3) is 3.03. The van der Waals surface area contributed by atoms with Crippen LogP contribution < -0.4 is 5.32 Å². The molecule has 0 radical (unpaired) electrons. The van der Waals surface area contributed by atoms with Gasteiger partial charge in [-0.3, -0.25) is 9.59 Å². The molecule has 1 aromatic carbocycles. The van der Waals surface area contributed by atoms with E-state index in [9.17, 15) is 9.59 Å². The molecule has 2 aromatic rings. The standard InChI is InChI=1S/C14H11N3O3/c15-8-10-3-1-4-11(7-10)16-14(20)12-5-2-6-17(12)9-13(18)19/h1-7H,9H2,(H,16,20)(H,18,19). The molecule has 0 spiro atoms. The van der Waals surface area contributed by atoms with E-state index in [0.29, 0.717) is 11.3 Å². The fraction of sp³-hybridized carbons (Fsp3) is 0.0714. The molecule has 1 aromatic heterocycles. The SMILES string of the molecule is N#Cc1cccc(NC(=O)c2cccn2CC(=O)O)c1. The van der Waals surface area contributed by atoms with E-state index >= 15 is 0 Å². The van der Waals surface area contributed by atoms with Crippen LogP contribution in [0.1, 0.15) is 16.1 Å². The van der Waals surface area contributed by atoms with Crippen LogP contribution in [0.3, 0.4) is 0 Å². The maximum absolute atomic E-state index is 12.1. The van der Waals surface area contributed by atoms with E-state index in [2.05, 4.69) is 5.32 Å². The molecule has 0 saturated carbocycles. The van der Waals surface area contributed by atoms with Gasteiger partial charge in [0, 0.05) is 11.9 Å². The first kappa shape index (κ1) is 13.4. The molecule has 1 heterocycles. The second kappa shape index (κ2) is 5.71. The molecule has 0 aliphatic rings. The number of carboxylic acids is 1. The van der Waals surface area contributed by atoms with E-state index in [1.807, 2.05) is 6.07 Å². The van der Waals surface area contributed by atoms with Gasteiger partial charge < -0.3 is 15.0 Å². The summed E-state index contributed by atoms with van der Waals surface area (Å²) in [5.74, 6) is -1.45. The first-order chi connectivity index (χ1) is 9.60. The summed E-state index contributed by atoms with van der Waals surface area (Å²) in [7, 11) is 0. The lowest BCUT2D eigenvalue weighted by Gasteiger charge is -2.08. The Balaban J connectivity index is 2.18. The fourth-order valence-electron chi connectivity index (χ4n) is 1.77. The molecule has 2 rings (SSSR count). The van der Waals surface area contributed by atoms with Crippen molar-refractivity contribution in [3.8, 4) is 6.07 Å². The van der Waals surface area contributed by atoms with E-state index in [0.717, 1.165) is 0 Å². The Morgan fingerprint density at radius 1 is 1.30 bits per heavy atom. The van der Waals surface area contributed by atoms with Crippen LogP contribution in [0.15, 0.2) is 42.6 Å². The molecule has 20 heavy (non-hydrogen) atoms. The molecule has 100 valence electrons. The molecule has 0 atom stereocenters. The lowest BCUT2D eigenvalue weighted by molar-refractivity contribution is -0.137. The average Bonchev–Trinajstić information content (AvgIpc) is 2.86. The zero-order valence-electron chi connectivity index (χ0n) is 10.4. The average molecular weight is 269 g/mol. The van der Waals surface area contributed by atoms with Crippen molar-refractivity contribution >= 4 is 17.6 Å². The van der Waals surface area contributed by atoms with Gasteiger partial charge in [-0.1, -0.05) is 6.07 Å². The molecular weight excluding hydrogens is 258 g/mol. The Morgan fingerprint density at radius 3 is 2.80 bits per heavy atom. The van der Waals surface area contributed by atoms with Crippen LogP contribution in [0.2, 0.25) is 0 Å². The number of aliphatic carboxylic acids is 1. The van der Waals surface area contributed by atoms with Gasteiger partial charge in [0.1, 0.15) is 12.2 Å². The molecule has 0 aliphatic heterocycles. The molecule has 6 nitrogen and oxygen atoms in total. The van der Waals surface area contributed by atoms with E-state index in [1.165, 1.54) is 16.8 Å². The summed E-state index contributed by atoms with van der Waals surface area (Å²) in [5.41, 5.74) is 1.16. The molecular formula is C14H11N3O3. The monoisotopic (exact) mass is 269 g/mol. The van der Waals surface area contributed by atoms with E-state index in [-0.39, 0.29) is 12.2 Å². The maximum atomic E-state index is 12.1. The second-order valence-electron chi connectivity index (χ2n) is 4.06. The van der Waals surface area contributed by atoms with Gasteiger partial charge in [0.2, 0.25) is 0 Å². The van der Waals surface area contributed by atoms with Gasteiger partial charge in [-0.05, 0) is 30.3 Å². The van der Waals surface area contributed by atoms with Crippen molar-refractivity contribution in [1.29, 1.82) is 5.26 Å². The number of amides is 1. The van der Waals surface area contributed by atoms with Crippen molar-refractivity contribution in [2.24, 2.45) is 0 Å². The first-order valence-corrected chi connectivity index (χ1v) is 5.78. The molecule has 0 fully saturated rings. The molecule has 0 unspecified atom stereocenters. The highest BCUT2D eigenvalue weighted by atomic mass is 16.4. The van der Waals surface area contributed by atoms with Gasteiger partial charge in [-0.15, -0.1) is 0 Å². The van der Waals surface area contributed by atoms with Gasteiger partial charge >= 0.3 is 5.97 Å². The summed E-state index contributed by atoms with van der Waals surface area (Å²) >= 11 is 0. The predicted octanol–water partition coefficient (Wildman–Crippen LogP) is 1.70. The quantitative estimate of drug-likeness (QED) is 0.883. The maximum Gasteiger partial charge on any atom is 0.323 e. The van der Waals surface area contributed by atoms with Crippen LogP contribution >= 0.6 is 0 Å². The second-order valence-corrected chi connectivity index (χ2v) is 4.06. The molecule has 1 amide bonds. The van der Waals surface area contributed by atoms with Gasteiger partial charge in [0.05, 0.1) is 11.6 Å². The van der Waals surface area contributed by atoms with Crippen molar-refractivity contribution in [3.63, 3.8) is 0 Å². The van der Waals surface area contributed by atoms with Crippen LogP contribution in [0.4, 0.5) is 5.69 Å². The summed E-state index contributed by atoms with van der Waals surface area (Å²) in [5, 5.41) is 20.2. The highest BCUT2D eigenvalue weighted by Gasteiger charge is 2.12. The van der Waals surface area contributed by atoms with Crippen LogP contribution in [0.5, 0.6) is 0 Å². The van der Waals surface area contributed by atoms with Crippen molar-refractivity contribution in [2.75, 3.05) is 5.32 Å². The van der Waals surface area contributed by atoms with E-state index in [4.69, 9.17) is 10.4 Å². The van der Waals surface area contributed by atoms with Crippen molar-refractivity contribution in [3.05, 3.63) is 53.9 Å². The third-order valence-corrected chi connectivity index (χ3v) is 2.62. The number of anilines is 1. The number of nitrogens with one attached hydrogen (secondary N) is 1. The number of hydrogen-bond acceptors (Lipinski definition) is 3. The van der Waals surface area contributed by atoms with Crippen LogP contribution in [0.25, 0.3) is 0 Å². The predicted molar refractivity (Wildman–Crippen MR) is 71.2 cm³/mol. The van der Waals surface area contributed by atoms with Gasteiger partial charge in [0.15, 0.2) is 0 Å². The van der Waals surface area contributed by atoms with Crippen LogP contribution in [0, 0.1) is 11.3 Å². The fourth-order valence-corrected chi connectivity index (χ4v) is 1.77. The zero-order valence-corrected chi connectivity index (χ0v) is 10.4. The number of rotatable bonds is 4. The summed E-state index contributed by atoms with van der Waals surface area (Å²) in [6.07, 6.45) is 1.52. The van der Waals surface area contributed by atoms with Gasteiger partial charge in [-0.25, -0.2) is 0 Å². The van der Waals surface area contributed by atoms with Gasteiger partial charge in [-0.2, -0.15) is 5.26 Å². The largest absolute Gasteiger partial charge is 0.480 e. The molecule has 0 bridgehead atoms. The number of carbonyl (C=O) groups excluding carboxylic acids is 1. The summed E-state index contributed by atoms with van der Waals surface area (Å²) in [4.78, 5) is 22.8. The Labute approximate surface area is 114 Å².